The summed E-state index contributed by atoms with van der Waals surface area (Å²) in [5, 5.41) is 6.14. The Morgan fingerprint density at radius 3 is 2.56 bits per heavy atom. The van der Waals surface area contributed by atoms with Gasteiger partial charge in [0, 0.05) is 17.5 Å². The van der Waals surface area contributed by atoms with Gasteiger partial charge in [-0.3, -0.25) is 4.68 Å². The predicted molar refractivity (Wildman–Crippen MR) is 67.7 cm³/mol. The van der Waals surface area contributed by atoms with Crippen molar-refractivity contribution in [2.24, 2.45) is 5.73 Å². The highest BCUT2D eigenvalue weighted by Gasteiger charge is 2.15. The highest BCUT2D eigenvalue weighted by Crippen LogP contribution is 2.31. The molecule has 0 spiro atoms. The highest BCUT2D eigenvalue weighted by atomic mass is 35.5. The van der Waals surface area contributed by atoms with Crippen LogP contribution in [0.1, 0.15) is 38.4 Å². The minimum atomic E-state index is -0.0361. The molecule has 0 fully saturated rings. The van der Waals surface area contributed by atoms with E-state index >= 15 is 0 Å². The van der Waals surface area contributed by atoms with Gasteiger partial charge in [-0.25, -0.2) is 0 Å². The highest BCUT2D eigenvalue weighted by molar-refractivity contribution is 6.34. The fraction of sp³-hybridized carbons (Fsp3) is 0.417. The number of benzene rings is 1. The van der Waals surface area contributed by atoms with Crippen molar-refractivity contribution in [2.45, 2.75) is 32.9 Å². The van der Waals surface area contributed by atoms with E-state index in [1.807, 2.05) is 29.8 Å². The lowest BCUT2D eigenvalue weighted by Gasteiger charge is -2.08. The topological polar surface area (TPSA) is 43.8 Å². The molecule has 0 saturated carbocycles. The van der Waals surface area contributed by atoms with Gasteiger partial charge in [-0.15, -0.1) is 0 Å². The molecule has 1 atom stereocenters. The quantitative estimate of drug-likeness (QED) is 0.871. The standard InChI is InChI=1S/C12H16ClN3/c1-7(2)16-12(13)11-9(8(3)14)5-4-6-10(11)15-16/h4-8H,14H2,1-3H3. The van der Waals surface area contributed by atoms with Crippen molar-refractivity contribution in [1.29, 1.82) is 0 Å². The summed E-state index contributed by atoms with van der Waals surface area (Å²) in [5.74, 6) is 0. The number of aromatic nitrogens is 2. The van der Waals surface area contributed by atoms with Crippen LogP contribution in [0.15, 0.2) is 18.2 Å². The van der Waals surface area contributed by atoms with Gasteiger partial charge in [-0.1, -0.05) is 23.7 Å². The monoisotopic (exact) mass is 237 g/mol. The van der Waals surface area contributed by atoms with Gasteiger partial charge in [0.15, 0.2) is 0 Å². The summed E-state index contributed by atoms with van der Waals surface area (Å²) >= 11 is 6.35. The van der Waals surface area contributed by atoms with E-state index < -0.39 is 0 Å². The number of nitrogens with zero attached hydrogens (tertiary/aromatic N) is 2. The molecule has 2 aromatic rings. The Hall–Kier alpha value is -1.06. The minimum Gasteiger partial charge on any atom is -0.324 e. The summed E-state index contributed by atoms with van der Waals surface area (Å²) < 4.78 is 1.83. The van der Waals surface area contributed by atoms with Crippen LogP contribution >= 0.6 is 11.6 Å². The van der Waals surface area contributed by atoms with Crippen molar-refractivity contribution in [3.8, 4) is 0 Å². The van der Waals surface area contributed by atoms with Gasteiger partial charge in [-0.05, 0) is 32.4 Å². The first kappa shape index (κ1) is 11.4. The maximum Gasteiger partial charge on any atom is 0.135 e. The Morgan fingerprint density at radius 1 is 1.31 bits per heavy atom. The summed E-state index contributed by atoms with van der Waals surface area (Å²) in [6.45, 7) is 6.07. The lowest BCUT2D eigenvalue weighted by Crippen LogP contribution is -2.05. The Balaban J connectivity index is 2.77. The van der Waals surface area contributed by atoms with E-state index in [-0.39, 0.29) is 12.1 Å². The van der Waals surface area contributed by atoms with Gasteiger partial charge in [0.2, 0.25) is 0 Å². The first-order chi connectivity index (χ1) is 7.52. The third kappa shape index (κ3) is 1.70. The molecule has 0 amide bonds. The first-order valence-electron chi connectivity index (χ1n) is 5.44. The Morgan fingerprint density at radius 2 is 2.00 bits per heavy atom. The molecule has 1 aromatic heterocycles. The van der Waals surface area contributed by atoms with Crippen LogP contribution in [0.3, 0.4) is 0 Å². The number of rotatable bonds is 2. The number of halogens is 1. The number of hydrogen-bond acceptors (Lipinski definition) is 2. The molecule has 0 aliphatic carbocycles. The van der Waals surface area contributed by atoms with Crippen LogP contribution in [0.25, 0.3) is 10.9 Å². The second kappa shape index (κ2) is 4.07. The second-order valence-corrected chi connectivity index (χ2v) is 4.72. The lowest BCUT2D eigenvalue weighted by molar-refractivity contribution is 0.538. The summed E-state index contributed by atoms with van der Waals surface area (Å²) in [6.07, 6.45) is 0. The smallest absolute Gasteiger partial charge is 0.135 e. The number of hydrogen-bond donors (Lipinski definition) is 1. The molecule has 86 valence electrons. The van der Waals surface area contributed by atoms with Crippen molar-refractivity contribution >= 4 is 22.5 Å². The lowest BCUT2D eigenvalue weighted by atomic mass is 10.1. The van der Waals surface area contributed by atoms with Crippen LogP contribution in [0.4, 0.5) is 0 Å². The third-order valence-electron chi connectivity index (χ3n) is 2.68. The van der Waals surface area contributed by atoms with Crippen LogP contribution in [0.5, 0.6) is 0 Å². The van der Waals surface area contributed by atoms with E-state index in [4.69, 9.17) is 17.3 Å². The van der Waals surface area contributed by atoms with Crippen LogP contribution in [-0.2, 0) is 0 Å². The minimum absolute atomic E-state index is 0.0361. The molecular formula is C12H16ClN3. The van der Waals surface area contributed by atoms with Crippen LogP contribution < -0.4 is 5.73 Å². The van der Waals surface area contributed by atoms with Crippen LogP contribution in [-0.4, -0.2) is 9.78 Å². The van der Waals surface area contributed by atoms with Gasteiger partial charge < -0.3 is 5.73 Å². The summed E-state index contributed by atoms with van der Waals surface area (Å²) in [7, 11) is 0. The largest absolute Gasteiger partial charge is 0.324 e. The first-order valence-corrected chi connectivity index (χ1v) is 5.82. The van der Waals surface area contributed by atoms with E-state index in [1.165, 1.54) is 0 Å². The Kier molecular flexibility index (Phi) is 2.91. The van der Waals surface area contributed by atoms with Crippen molar-refractivity contribution < 1.29 is 0 Å². The van der Waals surface area contributed by atoms with Crippen molar-refractivity contribution in [2.75, 3.05) is 0 Å². The third-order valence-corrected chi connectivity index (χ3v) is 3.04. The van der Waals surface area contributed by atoms with Gasteiger partial charge in [0.1, 0.15) is 5.15 Å². The summed E-state index contributed by atoms with van der Waals surface area (Å²) in [5.41, 5.74) is 7.90. The molecule has 2 rings (SSSR count). The van der Waals surface area contributed by atoms with E-state index in [9.17, 15) is 0 Å². The van der Waals surface area contributed by atoms with E-state index in [2.05, 4.69) is 18.9 Å². The molecule has 1 heterocycles. The van der Waals surface area contributed by atoms with Gasteiger partial charge in [0.05, 0.1) is 5.52 Å². The molecule has 4 heteroatoms. The van der Waals surface area contributed by atoms with Crippen molar-refractivity contribution in [3.05, 3.63) is 28.9 Å². The van der Waals surface area contributed by atoms with Crippen LogP contribution in [0, 0.1) is 0 Å². The van der Waals surface area contributed by atoms with Crippen LogP contribution in [0.2, 0.25) is 5.15 Å². The maximum atomic E-state index is 6.35. The molecule has 0 bridgehead atoms. The average molecular weight is 238 g/mol. The molecular weight excluding hydrogens is 222 g/mol. The molecule has 3 nitrogen and oxygen atoms in total. The zero-order chi connectivity index (χ0) is 11.9. The van der Waals surface area contributed by atoms with E-state index in [1.54, 1.807) is 0 Å². The zero-order valence-corrected chi connectivity index (χ0v) is 10.5. The molecule has 1 unspecified atom stereocenters. The average Bonchev–Trinajstić information content (AvgIpc) is 2.56. The summed E-state index contributed by atoms with van der Waals surface area (Å²) in [4.78, 5) is 0. The SMILES string of the molecule is CC(N)c1cccc2nn(C(C)C)c(Cl)c12. The van der Waals surface area contributed by atoms with Gasteiger partial charge in [-0.2, -0.15) is 5.10 Å². The van der Waals surface area contributed by atoms with Gasteiger partial charge in [0.25, 0.3) is 0 Å². The van der Waals surface area contributed by atoms with E-state index in [0.29, 0.717) is 5.15 Å². The molecule has 1 aromatic carbocycles. The molecule has 0 radical (unpaired) electrons. The Bertz CT molecular complexity index is 514. The van der Waals surface area contributed by atoms with Gasteiger partial charge >= 0.3 is 0 Å². The summed E-state index contributed by atoms with van der Waals surface area (Å²) in [6, 6.07) is 6.15. The fourth-order valence-corrected chi connectivity index (χ4v) is 2.30. The van der Waals surface area contributed by atoms with E-state index in [0.717, 1.165) is 16.5 Å². The maximum absolute atomic E-state index is 6.35. The molecule has 16 heavy (non-hydrogen) atoms. The fourth-order valence-electron chi connectivity index (χ4n) is 1.86. The normalized spacial score (nSPS) is 13.6. The molecule has 0 aliphatic rings. The molecule has 0 saturated heterocycles. The van der Waals surface area contributed by atoms with Crippen molar-refractivity contribution in [3.63, 3.8) is 0 Å². The second-order valence-electron chi connectivity index (χ2n) is 4.36. The zero-order valence-electron chi connectivity index (χ0n) is 9.74. The number of nitrogens with two attached hydrogens (primary N) is 1. The molecule has 2 N–H and O–H groups in total. The van der Waals surface area contributed by atoms with Crippen molar-refractivity contribution in [1.82, 2.24) is 9.78 Å². The Labute approximate surface area is 100 Å². The number of fused-ring (bicyclic) bond motifs is 1. The predicted octanol–water partition coefficient (Wildman–Crippen LogP) is 3.29. The molecule has 0 aliphatic heterocycles.